The van der Waals surface area contributed by atoms with Gasteiger partial charge in [0.15, 0.2) is 5.17 Å². The summed E-state index contributed by atoms with van der Waals surface area (Å²) < 4.78 is 13.5. The molecule has 1 unspecified atom stereocenters. The molecule has 0 radical (unpaired) electrons. The van der Waals surface area contributed by atoms with Crippen LogP contribution >= 0.6 is 11.6 Å². The first kappa shape index (κ1) is 15.0. The molecule has 108 valence electrons. The maximum atomic E-state index is 13.5. The van der Waals surface area contributed by atoms with Crippen LogP contribution in [0.5, 0.6) is 0 Å². The molecule has 0 amide bonds. The molecule has 0 aromatic carbocycles. The van der Waals surface area contributed by atoms with Crippen molar-refractivity contribution in [2.75, 3.05) is 6.54 Å². The minimum absolute atomic E-state index is 0.0376. The van der Waals surface area contributed by atoms with E-state index in [1.165, 1.54) is 6.08 Å². The van der Waals surface area contributed by atoms with Crippen LogP contribution in [0.15, 0.2) is 53.0 Å². The summed E-state index contributed by atoms with van der Waals surface area (Å²) in [6.07, 6.45) is 12.6. The Kier molecular flexibility index (Phi) is 5.18. The van der Waals surface area contributed by atoms with E-state index in [0.717, 1.165) is 18.5 Å². The van der Waals surface area contributed by atoms with E-state index in [1.54, 1.807) is 6.08 Å². The molecular weight excluding hydrogens is 275 g/mol. The third-order valence-corrected chi connectivity index (χ3v) is 4.24. The van der Waals surface area contributed by atoms with Gasteiger partial charge in [-0.3, -0.25) is 0 Å². The van der Waals surface area contributed by atoms with Crippen LogP contribution in [0, 0.1) is 17.8 Å². The molecule has 0 spiro atoms. The highest BCUT2D eigenvalue weighted by atomic mass is 35.5. The van der Waals surface area contributed by atoms with Gasteiger partial charge >= 0.3 is 0 Å². The van der Waals surface area contributed by atoms with E-state index >= 15 is 0 Å². The van der Waals surface area contributed by atoms with Crippen LogP contribution in [0.3, 0.4) is 0 Å². The number of allylic oxidation sites excluding steroid dienone is 7. The molecular formula is C16H20ClFN2. The molecule has 2 nitrogen and oxygen atoms in total. The number of hydrazone groups is 1. The van der Waals surface area contributed by atoms with Gasteiger partial charge in [-0.15, -0.1) is 0 Å². The van der Waals surface area contributed by atoms with Gasteiger partial charge in [-0.1, -0.05) is 55.8 Å². The second kappa shape index (κ2) is 6.89. The van der Waals surface area contributed by atoms with Crippen molar-refractivity contribution >= 4 is 16.8 Å². The molecule has 3 atom stereocenters. The molecule has 0 aromatic heterocycles. The number of rotatable bonds is 4. The molecule has 4 heteroatoms. The van der Waals surface area contributed by atoms with E-state index in [9.17, 15) is 4.39 Å². The van der Waals surface area contributed by atoms with Crippen molar-refractivity contribution in [3.8, 4) is 0 Å². The second-order valence-electron chi connectivity index (χ2n) is 5.32. The highest BCUT2D eigenvalue weighted by Crippen LogP contribution is 2.32. The summed E-state index contributed by atoms with van der Waals surface area (Å²) in [6.45, 7) is 4.58. The fraction of sp³-hybridized carbons (Fsp3) is 0.438. The molecule has 0 fully saturated rings. The van der Waals surface area contributed by atoms with Gasteiger partial charge in [0.1, 0.15) is 5.83 Å². The minimum atomic E-state index is -0.148. The molecule has 2 aliphatic rings. The average molecular weight is 295 g/mol. The third-order valence-electron chi connectivity index (χ3n) is 3.94. The highest BCUT2D eigenvalue weighted by molar-refractivity contribution is 6.69. The Morgan fingerprint density at radius 2 is 2.15 bits per heavy atom. The van der Waals surface area contributed by atoms with Crippen molar-refractivity contribution in [2.45, 2.75) is 20.3 Å². The van der Waals surface area contributed by atoms with Crippen molar-refractivity contribution in [2.24, 2.45) is 22.9 Å². The molecule has 0 heterocycles. The number of hydrogen-bond acceptors (Lipinski definition) is 2. The van der Waals surface area contributed by atoms with Gasteiger partial charge in [0.2, 0.25) is 0 Å². The summed E-state index contributed by atoms with van der Waals surface area (Å²) in [4.78, 5) is 0. The van der Waals surface area contributed by atoms with Gasteiger partial charge < -0.3 is 5.43 Å². The van der Waals surface area contributed by atoms with Crippen molar-refractivity contribution in [1.82, 2.24) is 5.43 Å². The normalized spacial score (nSPS) is 30.0. The van der Waals surface area contributed by atoms with Crippen LogP contribution in [-0.2, 0) is 0 Å². The SMILES string of the molecule is C[C@@H]1C(F)=CC=C(/C(Cl)=N/NCC2C=CC=CC2)[C@@H]1C. The highest BCUT2D eigenvalue weighted by Gasteiger charge is 2.25. The van der Waals surface area contributed by atoms with Crippen LogP contribution in [0.1, 0.15) is 20.3 Å². The first-order chi connectivity index (χ1) is 9.59. The molecule has 0 aliphatic heterocycles. The number of nitrogens with zero attached hydrogens (tertiary/aromatic N) is 1. The molecule has 0 saturated carbocycles. The largest absolute Gasteiger partial charge is 0.308 e. The molecule has 0 saturated heterocycles. The fourth-order valence-corrected chi connectivity index (χ4v) is 2.61. The molecule has 2 aliphatic carbocycles. The standard InChI is InChI=1S/C16H20ClFN2/c1-11-12(2)15(18)9-8-14(11)16(17)20-19-10-13-6-4-3-5-7-13/h3-6,8-9,11-13,19H,7,10H2,1-2H3/b20-16-/t11-,12+,13?/m1/s1. The summed E-state index contributed by atoms with van der Waals surface area (Å²) in [5, 5.41) is 4.63. The first-order valence-electron chi connectivity index (χ1n) is 6.96. The lowest BCUT2D eigenvalue weighted by Gasteiger charge is -2.24. The smallest absolute Gasteiger partial charge is 0.152 e. The van der Waals surface area contributed by atoms with Gasteiger partial charge in [0.05, 0.1) is 0 Å². The van der Waals surface area contributed by atoms with E-state index in [1.807, 2.05) is 26.0 Å². The lowest BCUT2D eigenvalue weighted by atomic mass is 9.84. The molecule has 1 N–H and O–H groups in total. The predicted octanol–water partition coefficient (Wildman–Crippen LogP) is 4.33. The van der Waals surface area contributed by atoms with E-state index < -0.39 is 0 Å². The molecule has 20 heavy (non-hydrogen) atoms. The van der Waals surface area contributed by atoms with Crippen LogP contribution < -0.4 is 5.43 Å². The van der Waals surface area contributed by atoms with Crippen LogP contribution in [-0.4, -0.2) is 11.7 Å². The minimum Gasteiger partial charge on any atom is -0.308 e. The lowest BCUT2D eigenvalue weighted by molar-refractivity contribution is 0.410. The maximum Gasteiger partial charge on any atom is 0.152 e. The second-order valence-corrected chi connectivity index (χ2v) is 5.68. The van der Waals surface area contributed by atoms with E-state index in [4.69, 9.17) is 11.6 Å². The molecule has 2 rings (SSSR count). The number of halogens is 2. The van der Waals surface area contributed by atoms with E-state index in [0.29, 0.717) is 11.1 Å². The van der Waals surface area contributed by atoms with Crippen molar-refractivity contribution < 1.29 is 4.39 Å². The van der Waals surface area contributed by atoms with Gasteiger partial charge in [0.25, 0.3) is 0 Å². The van der Waals surface area contributed by atoms with E-state index in [2.05, 4.69) is 22.7 Å². The van der Waals surface area contributed by atoms with Gasteiger partial charge in [-0.2, -0.15) is 5.10 Å². The summed E-state index contributed by atoms with van der Waals surface area (Å²) >= 11 is 6.22. The predicted molar refractivity (Wildman–Crippen MR) is 83.3 cm³/mol. The van der Waals surface area contributed by atoms with E-state index in [-0.39, 0.29) is 17.7 Å². The van der Waals surface area contributed by atoms with Gasteiger partial charge in [-0.05, 0) is 29.9 Å². The Bertz CT molecular complexity index is 503. The molecule has 0 bridgehead atoms. The average Bonchev–Trinajstić information content (AvgIpc) is 2.46. The number of hydrogen-bond donors (Lipinski definition) is 1. The van der Waals surface area contributed by atoms with Gasteiger partial charge in [-0.25, -0.2) is 4.39 Å². The van der Waals surface area contributed by atoms with Crippen molar-refractivity contribution in [3.05, 3.63) is 47.9 Å². The third kappa shape index (κ3) is 3.60. The Labute approximate surface area is 124 Å². The Morgan fingerprint density at radius 3 is 2.85 bits per heavy atom. The summed E-state index contributed by atoms with van der Waals surface area (Å²) in [6, 6.07) is 0. The van der Waals surface area contributed by atoms with Crippen LogP contribution in [0.25, 0.3) is 0 Å². The van der Waals surface area contributed by atoms with Crippen LogP contribution in [0.2, 0.25) is 0 Å². The lowest BCUT2D eigenvalue weighted by Crippen LogP contribution is -2.22. The topological polar surface area (TPSA) is 24.4 Å². The van der Waals surface area contributed by atoms with Crippen molar-refractivity contribution in [1.29, 1.82) is 0 Å². The summed E-state index contributed by atoms with van der Waals surface area (Å²) in [5.74, 6) is 0.237. The Hall–Kier alpha value is -1.35. The van der Waals surface area contributed by atoms with Crippen LogP contribution in [0.4, 0.5) is 4.39 Å². The maximum absolute atomic E-state index is 13.5. The van der Waals surface area contributed by atoms with Crippen molar-refractivity contribution in [3.63, 3.8) is 0 Å². The Morgan fingerprint density at radius 1 is 1.35 bits per heavy atom. The zero-order valence-corrected chi connectivity index (χ0v) is 12.6. The zero-order valence-electron chi connectivity index (χ0n) is 11.8. The van der Waals surface area contributed by atoms with Gasteiger partial charge in [0, 0.05) is 12.5 Å². The zero-order chi connectivity index (χ0) is 14.5. The summed E-state index contributed by atoms with van der Waals surface area (Å²) in [5.41, 5.74) is 3.90. The first-order valence-corrected chi connectivity index (χ1v) is 7.34. The Balaban J connectivity index is 1.93. The summed E-state index contributed by atoms with van der Waals surface area (Å²) in [7, 11) is 0. The molecule has 0 aromatic rings. The fourth-order valence-electron chi connectivity index (χ4n) is 2.32. The quantitative estimate of drug-likeness (QED) is 0.606. The number of nitrogens with one attached hydrogen (secondary N) is 1. The monoisotopic (exact) mass is 294 g/mol.